The Morgan fingerprint density at radius 2 is 1.58 bits per heavy atom. The fraction of sp³-hybridized carbons (Fsp3) is 0.0500. The summed E-state index contributed by atoms with van der Waals surface area (Å²) in [6.45, 7) is 0. The van der Waals surface area contributed by atoms with Gasteiger partial charge in [-0.25, -0.2) is 0 Å². The molecule has 0 saturated heterocycles. The van der Waals surface area contributed by atoms with E-state index in [-0.39, 0.29) is 29.7 Å². The highest BCUT2D eigenvalue weighted by molar-refractivity contribution is 5.68. The summed E-state index contributed by atoms with van der Waals surface area (Å²) in [6.07, 6.45) is 9.94. The van der Waals surface area contributed by atoms with Gasteiger partial charge in [-0.15, -0.1) is 0 Å². The first-order valence-corrected chi connectivity index (χ1v) is 7.86. The Morgan fingerprint density at radius 1 is 0.923 bits per heavy atom. The Labute approximate surface area is 169 Å². The molecule has 0 unspecified atom stereocenters. The molecule has 6 heteroatoms. The van der Waals surface area contributed by atoms with Gasteiger partial charge in [-0.05, 0) is 29.3 Å². The summed E-state index contributed by atoms with van der Waals surface area (Å²) in [5, 5.41) is 10.7. The second kappa shape index (κ2) is 9.10. The van der Waals surface area contributed by atoms with Gasteiger partial charge in [0.05, 0.1) is 12.0 Å². The fourth-order valence-corrected chi connectivity index (χ4v) is 2.42. The molecule has 5 nitrogen and oxygen atoms in total. The van der Waals surface area contributed by atoms with Crippen molar-refractivity contribution in [3.8, 4) is 0 Å². The smallest absolute Gasteiger partial charge is 0.269 e. The van der Waals surface area contributed by atoms with Crippen molar-refractivity contribution in [1.29, 1.82) is 0 Å². The van der Waals surface area contributed by atoms with E-state index in [0.29, 0.717) is 0 Å². The zero-order chi connectivity index (χ0) is 17.6. The summed E-state index contributed by atoms with van der Waals surface area (Å²) in [5.41, 5.74) is 3.17. The molecule has 0 atom stereocenters. The lowest BCUT2D eigenvalue weighted by Crippen LogP contribution is -3.00. The van der Waals surface area contributed by atoms with E-state index >= 15 is 0 Å². The fourth-order valence-electron chi connectivity index (χ4n) is 2.42. The Bertz CT molecular complexity index is 929. The van der Waals surface area contributed by atoms with Crippen LogP contribution in [0.4, 0.5) is 5.69 Å². The monoisotopic (exact) mass is 459 g/mol. The lowest BCUT2D eigenvalue weighted by Gasteiger charge is -1.95. The molecule has 0 bridgehead atoms. The van der Waals surface area contributed by atoms with Crippen molar-refractivity contribution < 1.29 is 33.6 Å². The minimum absolute atomic E-state index is 0. The molecule has 26 heavy (non-hydrogen) atoms. The summed E-state index contributed by atoms with van der Waals surface area (Å²) in [4.78, 5) is 10.3. The molecule has 3 rings (SSSR count). The largest absolute Gasteiger partial charge is 1.00 e. The Kier molecular flexibility index (Phi) is 6.85. The number of benzene rings is 2. The van der Waals surface area contributed by atoms with Crippen LogP contribution in [0.3, 0.4) is 0 Å². The van der Waals surface area contributed by atoms with Crippen molar-refractivity contribution in [2.75, 3.05) is 0 Å². The predicted octanol–water partition coefficient (Wildman–Crippen LogP) is 1.02. The third kappa shape index (κ3) is 4.89. The van der Waals surface area contributed by atoms with Crippen LogP contribution in [0.5, 0.6) is 0 Å². The molecule has 0 spiro atoms. The number of hydrogen-bond donors (Lipinski definition) is 0. The molecule has 0 N–H and O–H groups in total. The highest BCUT2D eigenvalue weighted by atomic mass is 127. The van der Waals surface area contributed by atoms with Crippen molar-refractivity contribution in [2.24, 2.45) is 7.05 Å². The van der Waals surface area contributed by atoms with Gasteiger partial charge in [0.15, 0.2) is 0 Å². The van der Waals surface area contributed by atoms with Crippen molar-refractivity contribution in [3.63, 3.8) is 0 Å². The zero-order valence-electron chi connectivity index (χ0n) is 14.2. The molecular weight excluding hydrogens is 441 g/mol. The second-order valence-corrected chi connectivity index (χ2v) is 5.55. The van der Waals surface area contributed by atoms with Crippen molar-refractivity contribution in [2.45, 2.75) is 0 Å². The van der Waals surface area contributed by atoms with Crippen LogP contribution in [0.2, 0.25) is 0 Å². The van der Waals surface area contributed by atoms with Gasteiger partial charge in [0.1, 0.15) is 5.69 Å². The maximum absolute atomic E-state index is 10.7. The average molecular weight is 459 g/mol. The van der Waals surface area contributed by atoms with Gasteiger partial charge >= 0.3 is 0 Å². The van der Waals surface area contributed by atoms with E-state index in [9.17, 15) is 10.1 Å². The number of nitro groups is 1. The average Bonchev–Trinajstić information content (AvgIpc) is 2.99. The SMILES string of the molecule is Cn1c(/C=C/c2ccc([N+](=O)[O-])cc2)cc[n+]1/C=C/c1ccccc1.[I-]. The van der Waals surface area contributed by atoms with Crippen molar-refractivity contribution >= 4 is 30.1 Å². The normalized spacial score (nSPS) is 11.0. The number of rotatable bonds is 5. The van der Waals surface area contributed by atoms with Crippen LogP contribution >= 0.6 is 0 Å². The minimum atomic E-state index is -0.396. The standard InChI is InChI=1S/C20H18N3O2.HI/c1-21-19(10-7-18-8-11-20(12-9-18)23(24)25)14-16-22(21)15-13-17-5-3-2-4-6-17;/h2-16H,1H3;1H/q+1;/p-1/b10-7+,15-13+;. The molecule has 2 aromatic carbocycles. The van der Waals surface area contributed by atoms with E-state index in [0.717, 1.165) is 16.8 Å². The number of hydrogen-bond acceptors (Lipinski definition) is 2. The number of nitro benzene ring substituents is 1. The zero-order valence-corrected chi connectivity index (χ0v) is 16.4. The molecule has 0 fully saturated rings. The topological polar surface area (TPSA) is 51.9 Å². The molecule has 0 aliphatic carbocycles. The number of halogens is 1. The lowest BCUT2D eigenvalue weighted by molar-refractivity contribution is -0.657. The number of nitrogens with zero attached hydrogens (tertiary/aromatic N) is 3. The van der Waals surface area contributed by atoms with Gasteiger partial charge in [0.2, 0.25) is 12.4 Å². The van der Waals surface area contributed by atoms with E-state index in [1.165, 1.54) is 12.1 Å². The third-order valence-corrected chi connectivity index (χ3v) is 3.89. The first-order valence-electron chi connectivity index (χ1n) is 7.86. The minimum Gasteiger partial charge on any atom is -1.00 e. The van der Waals surface area contributed by atoms with Crippen LogP contribution in [0.15, 0.2) is 66.9 Å². The van der Waals surface area contributed by atoms with E-state index in [4.69, 9.17) is 0 Å². The molecule has 0 radical (unpaired) electrons. The molecule has 1 aromatic heterocycles. The van der Waals surface area contributed by atoms with Crippen molar-refractivity contribution in [1.82, 2.24) is 4.68 Å². The highest BCUT2D eigenvalue weighted by Crippen LogP contribution is 2.14. The van der Waals surface area contributed by atoms with Crippen LogP contribution in [0.25, 0.3) is 24.4 Å². The van der Waals surface area contributed by atoms with Crippen LogP contribution in [-0.4, -0.2) is 9.61 Å². The summed E-state index contributed by atoms with van der Waals surface area (Å²) in [5.74, 6) is 0. The number of aromatic nitrogens is 2. The van der Waals surface area contributed by atoms with Crippen LogP contribution in [0.1, 0.15) is 16.8 Å². The predicted molar refractivity (Wildman–Crippen MR) is 99.3 cm³/mol. The second-order valence-electron chi connectivity index (χ2n) is 5.55. The summed E-state index contributed by atoms with van der Waals surface area (Å²) < 4.78 is 4.00. The van der Waals surface area contributed by atoms with Gasteiger partial charge in [-0.3, -0.25) is 10.1 Å². The van der Waals surface area contributed by atoms with E-state index in [2.05, 4.69) is 12.1 Å². The summed E-state index contributed by atoms with van der Waals surface area (Å²) in [7, 11) is 1.98. The van der Waals surface area contributed by atoms with Crippen LogP contribution < -0.4 is 28.7 Å². The maximum Gasteiger partial charge on any atom is 0.269 e. The van der Waals surface area contributed by atoms with Gasteiger partial charge < -0.3 is 24.0 Å². The molecule has 132 valence electrons. The van der Waals surface area contributed by atoms with Crippen LogP contribution in [0, 0.1) is 10.1 Å². The quantitative estimate of drug-likeness (QED) is 0.248. The van der Waals surface area contributed by atoms with E-state index in [1.54, 1.807) is 12.1 Å². The van der Waals surface area contributed by atoms with Gasteiger partial charge in [-0.2, -0.15) is 4.68 Å². The molecular formula is C20H18IN3O2. The molecule has 3 aromatic rings. The number of non-ortho nitro benzene ring substituents is 1. The summed E-state index contributed by atoms with van der Waals surface area (Å²) in [6, 6.07) is 18.6. The first kappa shape index (κ1) is 19.6. The first-order chi connectivity index (χ1) is 12.1. The molecule has 0 aliphatic heterocycles. The van der Waals surface area contributed by atoms with Gasteiger partial charge in [0.25, 0.3) is 5.69 Å². The molecule has 0 saturated carbocycles. The van der Waals surface area contributed by atoms with E-state index < -0.39 is 4.92 Å². The van der Waals surface area contributed by atoms with Gasteiger partial charge in [0, 0.05) is 24.3 Å². The third-order valence-electron chi connectivity index (χ3n) is 3.89. The van der Waals surface area contributed by atoms with Crippen LogP contribution in [-0.2, 0) is 7.05 Å². The maximum atomic E-state index is 10.7. The van der Waals surface area contributed by atoms with Gasteiger partial charge in [-0.1, -0.05) is 41.1 Å². The molecule has 0 amide bonds. The van der Waals surface area contributed by atoms with Crippen molar-refractivity contribution in [3.05, 3.63) is 93.8 Å². The Hall–Kier alpha value is -2.74. The van der Waals surface area contributed by atoms with E-state index in [1.807, 2.05) is 71.3 Å². The molecule has 0 aliphatic rings. The summed E-state index contributed by atoms with van der Waals surface area (Å²) >= 11 is 0. The Balaban J connectivity index is 0.00000243. The highest BCUT2D eigenvalue weighted by Gasteiger charge is 2.07. The molecule has 1 heterocycles. The lowest BCUT2D eigenvalue weighted by atomic mass is 10.2. The Morgan fingerprint density at radius 3 is 2.23 bits per heavy atom.